The summed E-state index contributed by atoms with van der Waals surface area (Å²) in [4.78, 5) is 23.4. The molecule has 1 aliphatic heterocycles. The Kier molecular flexibility index (Phi) is 4.83. The van der Waals surface area contributed by atoms with Crippen molar-refractivity contribution in [3.8, 4) is 17.2 Å². The van der Waals surface area contributed by atoms with Crippen LogP contribution in [0.15, 0.2) is 36.4 Å². The lowest BCUT2D eigenvalue weighted by atomic mass is 10.1. The minimum absolute atomic E-state index is 0.101. The van der Waals surface area contributed by atoms with Crippen molar-refractivity contribution >= 4 is 11.7 Å². The van der Waals surface area contributed by atoms with Crippen LogP contribution in [0, 0.1) is 5.82 Å². The lowest BCUT2D eigenvalue weighted by Crippen LogP contribution is -2.28. The number of hydrogen-bond acceptors (Lipinski definition) is 5. The zero-order valence-electron chi connectivity index (χ0n) is 13.5. The number of carbonyl (C=O) groups excluding carboxylic acids is 2. The van der Waals surface area contributed by atoms with Crippen molar-refractivity contribution in [3.63, 3.8) is 0 Å². The Morgan fingerprint density at radius 2 is 1.96 bits per heavy atom. The number of ketones is 1. The molecular formula is C18H16FNO5. The average Bonchev–Trinajstić information content (AvgIpc) is 3.06. The maximum Gasteiger partial charge on any atom is 0.258 e. The quantitative estimate of drug-likeness (QED) is 0.814. The summed E-state index contributed by atoms with van der Waals surface area (Å²) in [5.41, 5.74) is 0.951. The number of carbonyl (C=O) groups is 2. The molecule has 1 aliphatic rings. The lowest BCUT2D eigenvalue weighted by molar-refractivity contribution is -0.123. The molecule has 3 rings (SSSR count). The maximum atomic E-state index is 13.2. The number of nitrogens with one attached hydrogen (secondary N) is 1. The topological polar surface area (TPSA) is 73.9 Å². The zero-order chi connectivity index (χ0) is 17.8. The van der Waals surface area contributed by atoms with Gasteiger partial charge >= 0.3 is 0 Å². The smallest absolute Gasteiger partial charge is 0.258 e. The third kappa shape index (κ3) is 4.06. The molecule has 0 aromatic heterocycles. The van der Waals surface area contributed by atoms with Crippen molar-refractivity contribution in [1.29, 1.82) is 0 Å². The second-order valence-corrected chi connectivity index (χ2v) is 5.45. The molecule has 0 aliphatic carbocycles. The molecular weight excluding hydrogens is 329 g/mol. The number of ether oxygens (including phenoxy) is 3. The summed E-state index contributed by atoms with van der Waals surface area (Å²) in [7, 11) is 0. The van der Waals surface area contributed by atoms with Crippen LogP contribution in [0.3, 0.4) is 0 Å². The molecule has 2 aromatic rings. The molecule has 0 saturated carbocycles. The minimum Gasteiger partial charge on any atom is -0.483 e. The van der Waals surface area contributed by atoms with Gasteiger partial charge in [-0.25, -0.2) is 4.39 Å². The second kappa shape index (κ2) is 7.21. The Balaban J connectivity index is 1.54. The highest BCUT2D eigenvalue weighted by Gasteiger charge is 2.14. The van der Waals surface area contributed by atoms with E-state index in [2.05, 4.69) is 5.32 Å². The molecule has 25 heavy (non-hydrogen) atoms. The molecule has 1 N–H and O–H groups in total. The van der Waals surface area contributed by atoms with Crippen molar-refractivity contribution < 1.29 is 28.2 Å². The second-order valence-electron chi connectivity index (χ2n) is 5.45. The Bertz CT molecular complexity index is 821. The summed E-state index contributed by atoms with van der Waals surface area (Å²) in [6, 6.07) is 8.98. The zero-order valence-corrected chi connectivity index (χ0v) is 13.5. The number of amides is 1. The third-order valence-corrected chi connectivity index (χ3v) is 3.61. The normalized spacial score (nSPS) is 11.9. The number of halogens is 1. The Hall–Kier alpha value is -3.09. The van der Waals surface area contributed by atoms with Gasteiger partial charge in [0.15, 0.2) is 23.9 Å². The van der Waals surface area contributed by atoms with Crippen LogP contribution >= 0.6 is 0 Å². The van der Waals surface area contributed by atoms with Crippen molar-refractivity contribution in [2.45, 2.75) is 13.5 Å². The van der Waals surface area contributed by atoms with Crippen LogP contribution in [-0.2, 0) is 11.3 Å². The molecule has 0 unspecified atom stereocenters. The van der Waals surface area contributed by atoms with Crippen LogP contribution in [-0.4, -0.2) is 25.1 Å². The maximum absolute atomic E-state index is 13.2. The van der Waals surface area contributed by atoms with E-state index in [0.717, 1.165) is 11.6 Å². The van der Waals surface area contributed by atoms with Gasteiger partial charge in [-0.3, -0.25) is 9.59 Å². The standard InChI is InChI=1S/C18H16FNO5/c1-11(21)14-7-13(19)3-5-15(14)23-9-18(22)20-8-12-2-4-16-17(6-12)25-10-24-16/h2-7H,8-10H2,1H3,(H,20,22). The van der Waals surface area contributed by atoms with E-state index in [-0.39, 0.29) is 36.4 Å². The summed E-state index contributed by atoms with van der Waals surface area (Å²) in [6.07, 6.45) is 0. The Labute approximate surface area is 143 Å². The fourth-order valence-corrected chi connectivity index (χ4v) is 2.35. The van der Waals surface area contributed by atoms with Crippen LogP contribution in [0.2, 0.25) is 0 Å². The van der Waals surface area contributed by atoms with E-state index in [1.807, 2.05) is 6.07 Å². The first-order chi connectivity index (χ1) is 12.0. The van der Waals surface area contributed by atoms with Gasteiger partial charge in [-0.05, 0) is 42.8 Å². The lowest BCUT2D eigenvalue weighted by Gasteiger charge is -2.10. The summed E-state index contributed by atoms with van der Waals surface area (Å²) in [6.45, 7) is 1.51. The van der Waals surface area contributed by atoms with Crippen LogP contribution in [0.5, 0.6) is 17.2 Å². The molecule has 1 heterocycles. The van der Waals surface area contributed by atoms with Gasteiger partial charge in [-0.1, -0.05) is 6.07 Å². The molecule has 1 amide bonds. The van der Waals surface area contributed by atoms with Gasteiger partial charge in [-0.2, -0.15) is 0 Å². The summed E-state index contributed by atoms with van der Waals surface area (Å²) >= 11 is 0. The van der Waals surface area contributed by atoms with Crippen LogP contribution in [0.1, 0.15) is 22.8 Å². The molecule has 0 bridgehead atoms. The summed E-state index contributed by atoms with van der Waals surface area (Å²) in [5, 5.41) is 2.70. The first-order valence-corrected chi connectivity index (χ1v) is 7.61. The van der Waals surface area contributed by atoms with E-state index < -0.39 is 5.82 Å². The first kappa shape index (κ1) is 16.8. The molecule has 0 atom stereocenters. The van der Waals surface area contributed by atoms with E-state index >= 15 is 0 Å². The first-order valence-electron chi connectivity index (χ1n) is 7.61. The molecule has 0 spiro atoms. The highest BCUT2D eigenvalue weighted by Crippen LogP contribution is 2.32. The van der Waals surface area contributed by atoms with Gasteiger partial charge in [0.2, 0.25) is 6.79 Å². The SMILES string of the molecule is CC(=O)c1cc(F)ccc1OCC(=O)NCc1ccc2c(c1)OCO2. The van der Waals surface area contributed by atoms with E-state index in [0.29, 0.717) is 18.0 Å². The van der Waals surface area contributed by atoms with Crippen LogP contribution in [0.4, 0.5) is 4.39 Å². The van der Waals surface area contributed by atoms with Gasteiger partial charge < -0.3 is 19.5 Å². The summed E-state index contributed by atoms with van der Waals surface area (Å²) < 4.78 is 29.0. The Morgan fingerprint density at radius 3 is 2.76 bits per heavy atom. The van der Waals surface area contributed by atoms with E-state index in [4.69, 9.17) is 14.2 Å². The predicted molar refractivity (Wildman–Crippen MR) is 86.3 cm³/mol. The molecule has 0 saturated heterocycles. The van der Waals surface area contributed by atoms with Crippen molar-refractivity contribution in [1.82, 2.24) is 5.32 Å². The number of Topliss-reactive ketones (excluding diaryl/α,β-unsaturated/α-hetero) is 1. The van der Waals surface area contributed by atoms with Gasteiger partial charge in [0.05, 0.1) is 5.56 Å². The number of benzene rings is 2. The molecule has 0 radical (unpaired) electrons. The van der Waals surface area contributed by atoms with Crippen LogP contribution < -0.4 is 19.5 Å². The van der Waals surface area contributed by atoms with Crippen molar-refractivity contribution in [2.24, 2.45) is 0 Å². The highest BCUT2D eigenvalue weighted by molar-refractivity contribution is 5.96. The van der Waals surface area contributed by atoms with E-state index in [1.165, 1.54) is 19.1 Å². The van der Waals surface area contributed by atoms with Gasteiger partial charge in [0, 0.05) is 6.54 Å². The molecule has 130 valence electrons. The van der Waals surface area contributed by atoms with Gasteiger partial charge in [0.25, 0.3) is 5.91 Å². The predicted octanol–water partition coefficient (Wildman–Crippen LogP) is 2.45. The van der Waals surface area contributed by atoms with Gasteiger partial charge in [-0.15, -0.1) is 0 Å². The fourth-order valence-electron chi connectivity index (χ4n) is 2.35. The number of rotatable bonds is 6. The molecule has 0 fully saturated rings. The van der Waals surface area contributed by atoms with Crippen LogP contribution in [0.25, 0.3) is 0 Å². The molecule has 7 heteroatoms. The largest absolute Gasteiger partial charge is 0.483 e. The monoisotopic (exact) mass is 345 g/mol. The third-order valence-electron chi connectivity index (χ3n) is 3.61. The van der Waals surface area contributed by atoms with Crippen molar-refractivity contribution in [3.05, 3.63) is 53.3 Å². The summed E-state index contributed by atoms with van der Waals surface area (Å²) in [5.74, 6) is 0.246. The minimum atomic E-state index is -0.537. The van der Waals surface area contributed by atoms with E-state index in [9.17, 15) is 14.0 Å². The number of hydrogen-bond donors (Lipinski definition) is 1. The molecule has 2 aromatic carbocycles. The average molecular weight is 345 g/mol. The number of fused-ring (bicyclic) bond motifs is 1. The van der Waals surface area contributed by atoms with Gasteiger partial charge in [0.1, 0.15) is 11.6 Å². The van der Waals surface area contributed by atoms with Crippen molar-refractivity contribution in [2.75, 3.05) is 13.4 Å². The Morgan fingerprint density at radius 1 is 1.16 bits per heavy atom. The molecule has 6 nitrogen and oxygen atoms in total. The van der Waals surface area contributed by atoms with E-state index in [1.54, 1.807) is 12.1 Å². The fraction of sp³-hybridized carbons (Fsp3) is 0.222. The highest BCUT2D eigenvalue weighted by atomic mass is 19.1.